The van der Waals surface area contributed by atoms with Crippen LogP contribution in [-0.4, -0.2) is 91.3 Å². The lowest BCUT2D eigenvalue weighted by Gasteiger charge is -2.34. The topological polar surface area (TPSA) is 76.2 Å². The van der Waals surface area contributed by atoms with Crippen LogP contribution in [0.15, 0.2) is 24.3 Å². The minimum atomic E-state index is -0.0402. The smallest absolute Gasteiger partial charge is 0.238 e. The van der Waals surface area contributed by atoms with Crippen molar-refractivity contribution in [3.63, 3.8) is 0 Å². The molecule has 3 heterocycles. The van der Waals surface area contributed by atoms with E-state index in [1.54, 1.807) is 4.90 Å². The highest BCUT2D eigenvalue weighted by molar-refractivity contribution is 5.96. The molecule has 4 rings (SSSR count). The Kier molecular flexibility index (Phi) is 6.64. The molecule has 0 saturated carbocycles. The molecular formula is C22H31N5O3. The largest absolute Gasteiger partial charge is 0.342 e. The van der Waals surface area contributed by atoms with Gasteiger partial charge in [-0.25, -0.2) is 0 Å². The number of nitrogens with one attached hydrogen (secondary N) is 1. The number of benzene rings is 1. The average molecular weight is 414 g/mol. The fourth-order valence-corrected chi connectivity index (χ4v) is 4.41. The lowest BCUT2D eigenvalue weighted by molar-refractivity contribution is -0.132. The average Bonchev–Trinajstić information content (AvgIpc) is 3.42. The van der Waals surface area contributed by atoms with Crippen molar-refractivity contribution in [1.29, 1.82) is 0 Å². The molecule has 0 aromatic heterocycles. The highest BCUT2D eigenvalue weighted by Gasteiger charge is 2.24. The van der Waals surface area contributed by atoms with Crippen molar-refractivity contribution in [2.75, 3.05) is 69.1 Å². The van der Waals surface area contributed by atoms with E-state index in [-0.39, 0.29) is 17.7 Å². The van der Waals surface area contributed by atoms with Gasteiger partial charge in [0.15, 0.2) is 0 Å². The molecule has 0 atom stereocenters. The molecule has 1 aromatic rings. The van der Waals surface area contributed by atoms with Crippen molar-refractivity contribution in [1.82, 2.24) is 14.7 Å². The minimum Gasteiger partial charge on any atom is -0.342 e. The van der Waals surface area contributed by atoms with Crippen molar-refractivity contribution in [3.05, 3.63) is 24.3 Å². The van der Waals surface area contributed by atoms with Gasteiger partial charge >= 0.3 is 0 Å². The minimum absolute atomic E-state index is 0.0402. The summed E-state index contributed by atoms with van der Waals surface area (Å²) in [5.41, 5.74) is 1.63. The maximum Gasteiger partial charge on any atom is 0.238 e. The zero-order chi connectivity index (χ0) is 20.9. The quantitative estimate of drug-likeness (QED) is 0.753. The Morgan fingerprint density at radius 3 is 2.03 bits per heavy atom. The molecule has 1 N–H and O–H groups in total. The van der Waals surface area contributed by atoms with Crippen LogP contribution in [0.4, 0.5) is 11.4 Å². The van der Waals surface area contributed by atoms with Crippen LogP contribution >= 0.6 is 0 Å². The molecule has 3 amide bonds. The SMILES string of the molecule is O=C(CN1CCN(CC(=O)N2CCCC2)CC1)Nc1ccc(N2CCCC2=O)cc1. The summed E-state index contributed by atoms with van der Waals surface area (Å²) in [6, 6.07) is 7.46. The van der Waals surface area contributed by atoms with E-state index in [4.69, 9.17) is 0 Å². The van der Waals surface area contributed by atoms with Crippen LogP contribution in [0, 0.1) is 0 Å². The maximum absolute atomic E-state index is 12.4. The fourth-order valence-electron chi connectivity index (χ4n) is 4.41. The third kappa shape index (κ3) is 5.17. The molecule has 0 unspecified atom stereocenters. The van der Waals surface area contributed by atoms with Crippen molar-refractivity contribution < 1.29 is 14.4 Å². The molecule has 1 aromatic carbocycles. The predicted molar refractivity (Wildman–Crippen MR) is 115 cm³/mol. The van der Waals surface area contributed by atoms with E-state index in [2.05, 4.69) is 15.1 Å². The van der Waals surface area contributed by atoms with Crippen molar-refractivity contribution >= 4 is 29.1 Å². The molecule has 0 spiro atoms. The number of carbonyl (C=O) groups is 3. The van der Waals surface area contributed by atoms with Gasteiger partial charge in [0.05, 0.1) is 13.1 Å². The van der Waals surface area contributed by atoms with E-state index in [0.29, 0.717) is 19.5 Å². The molecule has 8 heteroatoms. The molecule has 3 aliphatic rings. The second-order valence-electron chi connectivity index (χ2n) is 8.38. The summed E-state index contributed by atoms with van der Waals surface area (Å²) in [7, 11) is 0. The third-order valence-electron chi connectivity index (χ3n) is 6.19. The second kappa shape index (κ2) is 9.57. The van der Waals surface area contributed by atoms with Crippen LogP contribution in [0.2, 0.25) is 0 Å². The van der Waals surface area contributed by atoms with Crippen molar-refractivity contribution in [2.45, 2.75) is 25.7 Å². The Hall–Kier alpha value is -2.45. The number of amides is 3. The summed E-state index contributed by atoms with van der Waals surface area (Å²) in [6.07, 6.45) is 3.75. The monoisotopic (exact) mass is 413 g/mol. The van der Waals surface area contributed by atoms with E-state index in [0.717, 1.165) is 76.5 Å². The van der Waals surface area contributed by atoms with Gasteiger partial charge in [0.25, 0.3) is 0 Å². The first-order chi connectivity index (χ1) is 14.6. The number of anilines is 2. The van der Waals surface area contributed by atoms with Crippen LogP contribution < -0.4 is 10.2 Å². The number of piperazine rings is 1. The van der Waals surface area contributed by atoms with E-state index in [9.17, 15) is 14.4 Å². The van der Waals surface area contributed by atoms with Gasteiger partial charge in [-0.3, -0.25) is 24.2 Å². The first-order valence-corrected chi connectivity index (χ1v) is 11.0. The van der Waals surface area contributed by atoms with Gasteiger partial charge in [0, 0.05) is 63.6 Å². The Morgan fingerprint density at radius 2 is 1.43 bits per heavy atom. The Morgan fingerprint density at radius 1 is 0.800 bits per heavy atom. The molecule has 3 saturated heterocycles. The van der Waals surface area contributed by atoms with Crippen LogP contribution in [0.3, 0.4) is 0 Å². The zero-order valence-corrected chi connectivity index (χ0v) is 17.5. The van der Waals surface area contributed by atoms with Gasteiger partial charge in [0.2, 0.25) is 17.7 Å². The van der Waals surface area contributed by atoms with Gasteiger partial charge < -0.3 is 15.1 Å². The van der Waals surface area contributed by atoms with Gasteiger partial charge in [-0.1, -0.05) is 0 Å². The van der Waals surface area contributed by atoms with Gasteiger partial charge in [-0.2, -0.15) is 0 Å². The molecular weight excluding hydrogens is 382 g/mol. The molecule has 0 radical (unpaired) electrons. The number of hydrogen-bond donors (Lipinski definition) is 1. The lowest BCUT2D eigenvalue weighted by Crippen LogP contribution is -2.51. The van der Waals surface area contributed by atoms with E-state index in [1.807, 2.05) is 29.2 Å². The van der Waals surface area contributed by atoms with Crippen LogP contribution in [0.1, 0.15) is 25.7 Å². The molecule has 0 aliphatic carbocycles. The highest BCUT2D eigenvalue weighted by atomic mass is 16.2. The molecule has 3 fully saturated rings. The highest BCUT2D eigenvalue weighted by Crippen LogP contribution is 2.23. The van der Waals surface area contributed by atoms with Crippen LogP contribution in [-0.2, 0) is 14.4 Å². The fraction of sp³-hybridized carbons (Fsp3) is 0.591. The summed E-state index contributed by atoms with van der Waals surface area (Å²) in [4.78, 5) is 44.6. The van der Waals surface area contributed by atoms with Gasteiger partial charge in [-0.05, 0) is 43.5 Å². The molecule has 8 nitrogen and oxygen atoms in total. The summed E-state index contributed by atoms with van der Waals surface area (Å²) in [5, 5.41) is 2.94. The van der Waals surface area contributed by atoms with Crippen LogP contribution in [0.25, 0.3) is 0 Å². The summed E-state index contributed by atoms with van der Waals surface area (Å²) in [5.74, 6) is 0.354. The number of carbonyl (C=O) groups excluding carboxylic acids is 3. The number of nitrogens with zero attached hydrogens (tertiary/aromatic N) is 4. The number of likely N-dealkylation sites (tertiary alicyclic amines) is 1. The Labute approximate surface area is 177 Å². The standard InChI is InChI=1S/C22H31N5O3/c28-20(23-18-5-7-19(8-6-18)27-11-3-4-21(27)29)16-24-12-14-25(15-13-24)17-22(30)26-9-1-2-10-26/h5-8H,1-4,9-17H2,(H,23,28). The predicted octanol–water partition coefficient (Wildman–Crippen LogP) is 0.992. The zero-order valence-electron chi connectivity index (χ0n) is 17.5. The van der Waals surface area contributed by atoms with Crippen molar-refractivity contribution in [3.8, 4) is 0 Å². The Balaban J connectivity index is 1.18. The van der Waals surface area contributed by atoms with Gasteiger partial charge in [0.1, 0.15) is 0 Å². The normalized spacial score (nSPS) is 20.7. The number of hydrogen-bond acceptors (Lipinski definition) is 5. The molecule has 162 valence electrons. The molecule has 30 heavy (non-hydrogen) atoms. The number of rotatable bonds is 6. The first kappa shape index (κ1) is 20.8. The second-order valence-corrected chi connectivity index (χ2v) is 8.38. The van der Waals surface area contributed by atoms with Gasteiger partial charge in [-0.15, -0.1) is 0 Å². The van der Waals surface area contributed by atoms with E-state index < -0.39 is 0 Å². The summed E-state index contributed by atoms with van der Waals surface area (Å²) >= 11 is 0. The Bertz CT molecular complexity index is 767. The van der Waals surface area contributed by atoms with Crippen molar-refractivity contribution in [2.24, 2.45) is 0 Å². The molecule has 0 bridgehead atoms. The molecule has 3 aliphatic heterocycles. The summed E-state index contributed by atoms with van der Waals surface area (Å²) < 4.78 is 0. The van der Waals surface area contributed by atoms with Crippen LogP contribution in [0.5, 0.6) is 0 Å². The first-order valence-electron chi connectivity index (χ1n) is 11.0. The maximum atomic E-state index is 12.4. The lowest BCUT2D eigenvalue weighted by atomic mass is 10.2. The van der Waals surface area contributed by atoms with E-state index >= 15 is 0 Å². The summed E-state index contributed by atoms with van der Waals surface area (Å²) in [6.45, 7) is 6.60. The van der Waals surface area contributed by atoms with E-state index in [1.165, 1.54) is 0 Å². The third-order valence-corrected chi connectivity index (χ3v) is 6.19.